The van der Waals surface area contributed by atoms with Crippen molar-refractivity contribution in [3.05, 3.63) is 0 Å². The van der Waals surface area contributed by atoms with Crippen LogP contribution in [-0.2, 0) is 14.8 Å². The lowest BCUT2D eigenvalue weighted by molar-refractivity contribution is 0.0513. The van der Waals surface area contributed by atoms with Crippen LogP contribution in [0.5, 0.6) is 0 Å². The van der Waals surface area contributed by atoms with E-state index in [2.05, 4.69) is 0 Å². The van der Waals surface area contributed by atoms with E-state index in [0.29, 0.717) is 26.3 Å². The van der Waals surface area contributed by atoms with Gasteiger partial charge in [-0.1, -0.05) is 0 Å². The Morgan fingerprint density at radius 2 is 2.29 bits per heavy atom. The van der Waals surface area contributed by atoms with Gasteiger partial charge in [0.25, 0.3) is 0 Å². The van der Waals surface area contributed by atoms with Gasteiger partial charge in [0, 0.05) is 19.2 Å². The SMILES string of the molecule is CS(=O)(=O)N1CCC1COCCCN. The molecule has 1 unspecified atom stereocenters. The van der Waals surface area contributed by atoms with Crippen molar-refractivity contribution in [2.24, 2.45) is 5.73 Å². The molecule has 1 saturated heterocycles. The van der Waals surface area contributed by atoms with E-state index in [4.69, 9.17) is 10.5 Å². The number of hydrogen-bond donors (Lipinski definition) is 1. The third kappa shape index (κ3) is 3.20. The van der Waals surface area contributed by atoms with Crippen LogP contribution in [0.2, 0.25) is 0 Å². The summed E-state index contributed by atoms with van der Waals surface area (Å²) in [6.07, 6.45) is 2.96. The normalized spacial score (nSPS) is 23.4. The Hall–Kier alpha value is -0.170. The standard InChI is InChI=1S/C8H18N2O3S/c1-14(11,12)10-5-3-8(10)7-13-6-2-4-9/h8H,2-7,9H2,1H3. The molecular weight excluding hydrogens is 204 g/mol. The summed E-state index contributed by atoms with van der Waals surface area (Å²) in [5.74, 6) is 0. The molecule has 0 saturated carbocycles. The summed E-state index contributed by atoms with van der Waals surface area (Å²) in [5.41, 5.74) is 5.30. The highest BCUT2D eigenvalue weighted by Gasteiger charge is 2.34. The van der Waals surface area contributed by atoms with E-state index >= 15 is 0 Å². The molecule has 0 aromatic heterocycles. The second-order valence-corrected chi connectivity index (χ2v) is 5.47. The minimum absolute atomic E-state index is 0.0442. The monoisotopic (exact) mass is 222 g/mol. The summed E-state index contributed by atoms with van der Waals surface area (Å²) in [4.78, 5) is 0. The second kappa shape index (κ2) is 5.06. The van der Waals surface area contributed by atoms with Crippen molar-refractivity contribution in [1.82, 2.24) is 4.31 Å². The summed E-state index contributed by atoms with van der Waals surface area (Å²) in [5, 5.41) is 0. The number of rotatable bonds is 6. The van der Waals surface area contributed by atoms with Gasteiger partial charge in [0.1, 0.15) is 0 Å². The first-order chi connectivity index (χ1) is 6.55. The predicted molar refractivity (Wildman–Crippen MR) is 54.4 cm³/mol. The van der Waals surface area contributed by atoms with Crippen LogP contribution in [0.3, 0.4) is 0 Å². The lowest BCUT2D eigenvalue weighted by Gasteiger charge is -2.38. The van der Waals surface area contributed by atoms with Gasteiger partial charge in [-0.05, 0) is 19.4 Å². The van der Waals surface area contributed by atoms with E-state index in [1.165, 1.54) is 10.6 Å². The number of hydrogen-bond acceptors (Lipinski definition) is 4. The third-order valence-corrected chi connectivity index (χ3v) is 3.65. The number of ether oxygens (including phenoxy) is 1. The zero-order valence-corrected chi connectivity index (χ0v) is 9.29. The number of nitrogens with two attached hydrogens (primary N) is 1. The second-order valence-electron chi connectivity index (χ2n) is 3.53. The van der Waals surface area contributed by atoms with Crippen molar-refractivity contribution >= 4 is 10.0 Å². The first kappa shape index (κ1) is 11.9. The van der Waals surface area contributed by atoms with Gasteiger partial charge in [-0.15, -0.1) is 0 Å². The van der Waals surface area contributed by atoms with E-state index in [0.717, 1.165) is 12.8 Å². The quantitative estimate of drug-likeness (QED) is 0.608. The van der Waals surface area contributed by atoms with Crippen molar-refractivity contribution in [2.45, 2.75) is 18.9 Å². The van der Waals surface area contributed by atoms with Crippen LogP contribution in [0, 0.1) is 0 Å². The molecule has 1 aliphatic rings. The maximum absolute atomic E-state index is 11.2. The lowest BCUT2D eigenvalue weighted by Crippen LogP contribution is -2.52. The molecule has 0 radical (unpaired) electrons. The van der Waals surface area contributed by atoms with Crippen molar-refractivity contribution in [2.75, 3.05) is 32.6 Å². The average Bonchev–Trinajstić information content (AvgIpc) is 1.98. The van der Waals surface area contributed by atoms with Crippen LogP contribution in [0.15, 0.2) is 0 Å². The molecular formula is C8H18N2O3S. The fraction of sp³-hybridized carbons (Fsp3) is 1.00. The summed E-state index contributed by atoms with van der Waals surface area (Å²) in [7, 11) is -3.03. The fourth-order valence-corrected chi connectivity index (χ4v) is 2.57. The van der Waals surface area contributed by atoms with Crippen LogP contribution in [0.25, 0.3) is 0 Å². The Kier molecular flexibility index (Phi) is 4.31. The highest BCUT2D eigenvalue weighted by atomic mass is 32.2. The van der Waals surface area contributed by atoms with Gasteiger partial charge < -0.3 is 10.5 Å². The van der Waals surface area contributed by atoms with E-state index < -0.39 is 10.0 Å². The van der Waals surface area contributed by atoms with Crippen LogP contribution in [0.1, 0.15) is 12.8 Å². The van der Waals surface area contributed by atoms with Crippen LogP contribution in [0.4, 0.5) is 0 Å². The molecule has 0 aliphatic carbocycles. The van der Waals surface area contributed by atoms with Crippen molar-refractivity contribution in [3.8, 4) is 0 Å². The molecule has 1 heterocycles. The molecule has 1 rings (SSSR count). The summed E-state index contributed by atoms with van der Waals surface area (Å²) < 4.78 is 29.1. The minimum atomic E-state index is -3.03. The molecule has 0 aromatic carbocycles. The average molecular weight is 222 g/mol. The topological polar surface area (TPSA) is 72.6 Å². The van der Waals surface area contributed by atoms with Crippen LogP contribution >= 0.6 is 0 Å². The highest BCUT2D eigenvalue weighted by molar-refractivity contribution is 7.88. The molecule has 0 bridgehead atoms. The minimum Gasteiger partial charge on any atom is -0.380 e. The van der Waals surface area contributed by atoms with Gasteiger partial charge in [-0.2, -0.15) is 4.31 Å². The fourth-order valence-electron chi connectivity index (χ4n) is 1.42. The van der Waals surface area contributed by atoms with Gasteiger partial charge in [0.05, 0.1) is 12.9 Å². The lowest BCUT2D eigenvalue weighted by atomic mass is 10.1. The van der Waals surface area contributed by atoms with Crippen molar-refractivity contribution in [3.63, 3.8) is 0 Å². The van der Waals surface area contributed by atoms with Crippen LogP contribution < -0.4 is 5.73 Å². The van der Waals surface area contributed by atoms with Crippen molar-refractivity contribution < 1.29 is 13.2 Å². The zero-order valence-electron chi connectivity index (χ0n) is 8.48. The Morgan fingerprint density at radius 1 is 1.57 bits per heavy atom. The van der Waals surface area contributed by atoms with Gasteiger partial charge >= 0.3 is 0 Å². The molecule has 0 amide bonds. The molecule has 2 N–H and O–H groups in total. The summed E-state index contributed by atoms with van der Waals surface area (Å²) in [6, 6.07) is 0.0442. The maximum atomic E-state index is 11.2. The zero-order chi connectivity index (χ0) is 10.6. The Bertz CT molecular complexity index is 266. The van der Waals surface area contributed by atoms with E-state index in [-0.39, 0.29) is 6.04 Å². The Labute approximate surface area is 85.3 Å². The largest absolute Gasteiger partial charge is 0.380 e. The maximum Gasteiger partial charge on any atom is 0.211 e. The first-order valence-corrected chi connectivity index (χ1v) is 6.65. The predicted octanol–water partition coefficient (Wildman–Crippen LogP) is -0.614. The Morgan fingerprint density at radius 3 is 2.71 bits per heavy atom. The van der Waals surface area contributed by atoms with Gasteiger partial charge in [0.2, 0.25) is 10.0 Å². The molecule has 14 heavy (non-hydrogen) atoms. The highest BCUT2D eigenvalue weighted by Crippen LogP contribution is 2.20. The van der Waals surface area contributed by atoms with E-state index in [9.17, 15) is 8.42 Å². The van der Waals surface area contributed by atoms with E-state index in [1.54, 1.807) is 0 Å². The molecule has 1 atom stereocenters. The molecule has 5 nitrogen and oxygen atoms in total. The molecule has 84 valence electrons. The Balaban J connectivity index is 2.20. The third-order valence-electron chi connectivity index (χ3n) is 2.32. The number of nitrogens with zero attached hydrogens (tertiary/aromatic N) is 1. The first-order valence-electron chi connectivity index (χ1n) is 4.80. The number of sulfonamides is 1. The molecule has 1 aliphatic heterocycles. The van der Waals surface area contributed by atoms with Gasteiger partial charge in [-0.3, -0.25) is 0 Å². The molecule has 6 heteroatoms. The van der Waals surface area contributed by atoms with E-state index in [1.807, 2.05) is 0 Å². The summed E-state index contributed by atoms with van der Waals surface area (Å²) in [6.45, 7) is 2.35. The van der Waals surface area contributed by atoms with Crippen molar-refractivity contribution in [1.29, 1.82) is 0 Å². The smallest absolute Gasteiger partial charge is 0.211 e. The van der Waals surface area contributed by atoms with Gasteiger partial charge in [-0.25, -0.2) is 8.42 Å². The molecule has 0 spiro atoms. The van der Waals surface area contributed by atoms with Gasteiger partial charge in [0.15, 0.2) is 0 Å². The molecule has 1 fully saturated rings. The van der Waals surface area contributed by atoms with Crippen LogP contribution in [-0.4, -0.2) is 51.3 Å². The molecule has 0 aromatic rings. The summed E-state index contributed by atoms with van der Waals surface area (Å²) >= 11 is 0.